The van der Waals surface area contributed by atoms with E-state index in [0.717, 1.165) is 16.8 Å². The largest absolute Gasteiger partial charge is 0.378 e. The zero-order chi connectivity index (χ0) is 15.4. The molecule has 2 rings (SSSR count). The van der Waals surface area contributed by atoms with Crippen LogP contribution in [0.15, 0.2) is 42.5 Å². The molecule has 0 aliphatic carbocycles. The number of hydrogen-bond donors (Lipinski definition) is 3. The molecule has 0 heterocycles. The summed E-state index contributed by atoms with van der Waals surface area (Å²) in [6, 6.07) is 11.5. The van der Waals surface area contributed by atoms with Crippen LogP contribution >= 0.6 is 0 Å². The van der Waals surface area contributed by atoms with Crippen LogP contribution in [0.2, 0.25) is 0 Å². The number of nitrogens with one attached hydrogen (secondary N) is 2. The van der Waals surface area contributed by atoms with Crippen molar-refractivity contribution in [2.24, 2.45) is 5.73 Å². The minimum atomic E-state index is -0.587. The van der Waals surface area contributed by atoms with Gasteiger partial charge in [0.25, 0.3) is 0 Å². The molecular formula is C16H18FN3O. The summed E-state index contributed by atoms with van der Waals surface area (Å²) >= 11 is 0. The molecule has 0 saturated carbocycles. The summed E-state index contributed by atoms with van der Waals surface area (Å²) in [5.41, 5.74) is 8.51. The molecule has 0 spiro atoms. The first-order valence-electron chi connectivity index (χ1n) is 6.65. The van der Waals surface area contributed by atoms with Gasteiger partial charge < -0.3 is 16.4 Å². The molecule has 4 N–H and O–H groups in total. The number of amides is 2. The maximum absolute atomic E-state index is 13.1. The molecule has 2 amide bonds. The Hall–Kier alpha value is -2.56. The number of anilines is 2. The van der Waals surface area contributed by atoms with Crippen LogP contribution in [-0.2, 0) is 0 Å². The van der Waals surface area contributed by atoms with Crippen molar-refractivity contribution in [2.45, 2.75) is 19.9 Å². The van der Waals surface area contributed by atoms with E-state index in [1.54, 1.807) is 18.2 Å². The number of aryl methyl sites for hydroxylation is 1. The van der Waals surface area contributed by atoms with Gasteiger partial charge in [-0.15, -0.1) is 0 Å². The molecule has 4 nitrogen and oxygen atoms in total. The van der Waals surface area contributed by atoms with Crippen molar-refractivity contribution in [1.29, 1.82) is 0 Å². The van der Waals surface area contributed by atoms with Crippen LogP contribution in [0.4, 0.5) is 20.6 Å². The number of carbonyl (C=O) groups excluding carboxylic acids is 1. The molecule has 0 fully saturated rings. The molecule has 0 bridgehead atoms. The number of urea groups is 1. The van der Waals surface area contributed by atoms with Crippen molar-refractivity contribution < 1.29 is 9.18 Å². The van der Waals surface area contributed by atoms with Gasteiger partial charge in [0.1, 0.15) is 5.82 Å². The Bertz CT molecular complexity index is 640. The Morgan fingerprint density at radius 1 is 1.19 bits per heavy atom. The van der Waals surface area contributed by atoms with Gasteiger partial charge in [0.15, 0.2) is 0 Å². The van der Waals surface area contributed by atoms with Crippen LogP contribution in [0, 0.1) is 12.7 Å². The molecule has 21 heavy (non-hydrogen) atoms. The number of primary amides is 1. The van der Waals surface area contributed by atoms with E-state index in [-0.39, 0.29) is 11.9 Å². The lowest BCUT2D eigenvalue weighted by Gasteiger charge is -2.18. The first kappa shape index (κ1) is 14.8. The topological polar surface area (TPSA) is 67.2 Å². The number of halogens is 1. The van der Waals surface area contributed by atoms with E-state index in [2.05, 4.69) is 10.6 Å². The summed E-state index contributed by atoms with van der Waals surface area (Å²) in [5, 5.41) is 5.85. The molecule has 0 saturated heterocycles. The van der Waals surface area contributed by atoms with Gasteiger partial charge in [-0.3, -0.25) is 0 Å². The third-order valence-corrected chi connectivity index (χ3v) is 3.24. The lowest BCUT2D eigenvalue weighted by atomic mass is 10.1. The van der Waals surface area contributed by atoms with Gasteiger partial charge in [-0.25, -0.2) is 9.18 Å². The van der Waals surface area contributed by atoms with Crippen LogP contribution in [0.25, 0.3) is 0 Å². The molecule has 2 aromatic carbocycles. The van der Waals surface area contributed by atoms with Gasteiger partial charge in [0.2, 0.25) is 0 Å². The van der Waals surface area contributed by atoms with Crippen molar-refractivity contribution in [3.8, 4) is 0 Å². The van der Waals surface area contributed by atoms with Gasteiger partial charge in [-0.05, 0) is 55.3 Å². The van der Waals surface area contributed by atoms with Gasteiger partial charge >= 0.3 is 6.03 Å². The second kappa shape index (κ2) is 6.26. The van der Waals surface area contributed by atoms with Crippen LogP contribution in [0.3, 0.4) is 0 Å². The van der Waals surface area contributed by atoms with Gasteiger partial charge in [0.05, 0.1) is 0 Å². The van der Waals surface area contributed by atoms with Crippen molar-refractivity contribution in [1.82, 2.24) is 0 Å². The molecule has 0 aromatic heterocycles. The zero-order valence-electron chi connectivity index (χ0n) is 12.0. The van der Waals surface area contributed by atoms with E-state index < -0.39 is 6.03 Å². The Labute approximate surface area is 123 Å². The highest BCUT2D eigenvalue weighted by Crippen LogP contribution is 2.23. The highest BCUT2D eigenvalue weighted by molar-refractivity contribution is 5.87. The fraction of sp³-hybridized carbons (Fsp3) is 0.188. The van der Waals surface area contributed by atoms with Crippen molar-refractivity contribution in [3.63, 3.8) is 0 Å². The number of hydrogen-bond acceptors (Lipinski definition) is 2. The van der Waals surface area contributed by atoms with Crippen molar-refractivity contribution in [3.05, 3.63) is 59.4 Å². The maximum Gasteiger partial charge on any atom is 0.316 e. The minimum absolute atomic E-state index is 0.0526. The standard InChI is InChI=1S/C16H18FN3O/c1-10-9-13(17)5-8-15(10)19-11(2)12-3-6-14(7-4-12)20-16(18)21/h3-9,11,19H,1-2H3,(H3,18,20,21). The van der Waals surface area contributed by atoms with Crippen molar-refractivity contribution >= 4 is 17.4 Å². The summed E-state index contributed by atoms with van der Waals surface area (Å²) in [6.45, 7) is 3.87. The number of carbonyl (C=O) groups is 1. The second-order valence-corrected chi connectivity index (χ2v) is 4.94. The number of benzene rings is 2. The lowest BCUT2D eigenvalue weighted by molar-refractivity contribution is 0.259. The summed E-state index contributed by atoms with van der Waals surface area (Å²) < 4.78 is 13.1. The van der Waals surface area contributed by atoms with E-state index in [0.29, 0.717) is 5.69 Å². The molecule has 0 aliphatic rings. The lowest BCUT2D eigenvalue weighted by Crippen LogP contribution is -2.19. The van der Waals surface area contributed by atoms with Crippen LogP contribution < -0.4 is 16.4 Å². The van der Waals surface area contributed by atoms with Crippen molar-refractivity contribution in [2.75, 3.05) is 10.6 Å². The number of rotatable bonds is 4. The molecule has 2 aromatic rings. The van der Waals surface area contributed by atoms with E-state index in [1.807, 2.05) is 26.0 Å². The van der Waals surface area contributed by atoms with E-state index >= 15 is 0 Å². The first-order chi connectivity index (χ1) is 9.95. The van der Waals surface area contributed by atoms with Gasteiger partial charge in [-0.1, -0.05) is 12.1 Å². The molecule has 110 valence electrons. The molecule has 1 unspecified atom stereocenters. The summed E-state index contributed by atoms with van der Waals surface area (Å²) in [7, 11) is 0. The van der Waals surface area contributed by atoms with Crippen LogP contribution in [-0.4, -0.2) is 6.03 Å². The zero-order valence-corrected chi connectivity index (χ0v) is 12.0. The highest BCUT2D eigenvalue weighted by atomic mass is 19.1. The Kier molecular flexibility index (Phi) is 4.42. The smallest absolute Gasteiger partial charge is 0.316 e. The first-order valence-corrected chi connectivity index (χ1v) is 6.65. The third-order valence-electron chi connectivity index (χ3n) is 3.24. The molecular weight excluding hydrogens is 269 g/mol. The van der Waals surface area contributed by atoms with Crippen LogP contribution in [0.1, 0.15) is 24.1 Å². The third kappa shape index (κ3) is 3.95. The normalized spacial score (nSPS) is 11.8. The highest BCUT2D eigenvalue weighted by Gasteiger charge is 2.08. The Morgan fingerprint density at radius 2 is 1.86 bits per heavy atom. The van der Waals surface area contributed by atoms with E-state index in [4.69, 9.17) is 5.73 Å². The predicted octanol–water partition coefficient (Wildman–Crippen LogP) is 3.80. The Balaban J connectivity index is 2.09. The predicted molar refractivity (Wildman–Crippen MR) is 82.8 cm³/mol. The summed E-state index contributed by atoms with van der Waals surface area (Å²) in [5.74, 6) is -0.243. The quantitative estimate of drug-likeness (QED) is 0.800. The molecule has 0 radical (unpaired) electrons. The van der Waals surface area contributed by atoms with Gasteiger partial charge in [0, 0.05) is 17.4 Å². The Morgan fingerprint density at radius 3 is 2.43 bits per heavy atom. The molecule has 1 atom stereocenters. The average Bonchev–Trinajstić information content (AvgIpc) is 2.42. The average molecular weight is 287 g/mol. The maximum atomic E-state index is 13.1. The summed E-state index contributed by atoms with van der Waals surface area (Å²) in [4.78, 5) is 10.8. The van der Waals surface area contributed by atoms with Crippen LogP contribution in [0.5, 0.6) is 0 Å². The SMILES string of the molecule is Cc1cc(F)ccc1NC(C)c1ccc(NC(N)=O)cc1. The fourth-order valence-corrected chi connectivity index (χ4v) is 2.10. The molecule has 0 aliphatic heterocycles. The number of nitrogens with two attached hydrogens (primary N) is 1. The van der Waals surface area contributed by atoms with Gasteiger partial charge in [-0.2, -0.15) is 0 Å². The van der Waals surface area contributed by atoms with E-state index in [1.165, 1.54) is 12.1 Å². The summed E-state index contributed by atoms with van der Waals surface area (Å²) in [6.07, 6.45) is 0. The fourth-order valence-electron chi connectivity index (χ4n) is 2.10. The van der Waals surface area contributed by atoms with E-state index in [9.17, 15) is 9.18 Å². The molecule has 5 heteroatoms. The minimum Gasteiger partial charge on any atom is -0.378 e. The second-order valence-electron chi connectivity index (χ2n) is 4.94. The monoisotopic (exact) mass is 287 g/mol.